The van der Waals surface area contributed by atoms with Crippen LogP contribution >= 0.6 is 12.6 Å². The molecule has 0 amide bonds. The molecule has 1 aromatic carbocycles. The molecule has 1 rings (SSSR count). The topological polar surface area (TPSA) is 102 Å². The van der Waals surface area contributed by atoms with E-state index in [0.717, 1.165) is 0 Å². The molecule has 0 aliphatic heterocycles. The van der Waals surface area contributed by atoms with Crippen molar-refractivity contribution in [2.45, 2.75) is 5.92 Å². The third kappa shape index (κ3) is 3.16. The summed E-state index contributed by atoms with van der Waals surface area (Å²) in [6.07, 6.45) is 0. The third-order valence-corrected chi connectivity index (χ3v) is 2.38. The number of thiol groups is 1. The molecule has 0 fully saturated rings. The van der Waals surface area contributed by atoms with Crippen molar-refractivity contribution in [3.8, 4) is 0 Å². The smallest absolute Gasteiger partial charge is 0.311 e. The Morgan fingerprint density at radius 1 is 1.50 bits per heavy atom. The zero-order valence-electron chi connectivity index (χ0n) is 8.50. The Balaban J connectivity index is 3.06. The summed E-state index contributed by atoms with van der Waals surface area (Å²) >= 11 is 4.00. The number of nitrogens with zero attached hydrogens (tertiary/aromatic N) is 1. The monoisotopic (exact) mass is 239 g/mol. The highest BCUT2D eigenvalue weighted by molar-refractivity contribution is 7.80. The lowest BCUT2D eigenvalue weighted by atomic mass is 10.0. The fourth-order valence-corrected chi connectivity index (χ4v) is 1.65. The summed E-state index contributed by atoms with van der Waals surface area (Å²) in [6.45, 7) is 0. The maximum atomic E-state index is 10.9. The van der Waals surface area contributed by atoms with E-state index in [2.05, 4.69) is 17.6 Å². The zero-order chi connectivity index (χ0) is 12.1. The number of carboxylic acid groups (broad SMARTS) is 1. The van der Waals surface area contributed by atoms with Crippen LogP contribution in [0.2, 0.25) is 0 Å². The maximum Gasteiger partial charge on any atom is 0.311 e. The van der Waals surface area contributed by atoms with Gasteiger partial charge in [0.25, 0.3) is 0 Å². The molecule has 6 heteroatoms. The molecule has 1 aromatic rings. The number of carboxylic acids is 1. The molecule has 0 saturated heterocycles. The Morgan fingerprint density at radius 2 is 2.19 bits per heavy atom. The van der Waals surface area contributed by atoms with Crippen molar-refractivity contribution in [2.24, 2.45) is 16.5 Å². The standard InChI is InChI=1S/C10H13N3O2S/c11-10(12)13-7-3-1-2-6(4-7)8(5-16)9(14)15/h1-4,8,16H,5H2,(H,14,15)(H4,11,12,13)/t8-/m1/s1. The van der Waals surface area contributed by atoms with Crippen molar-refractivity contribution in [1.29, 1.82) is 0 Å². The summed E-state index contributed by atoms with van der Waals surface area (Å²) in [5.74, 6) is -1.41. The Bertz CT molecular complexity index is 416. The van der Waals surface area contributed by atoms with Gasteiger partial charge in [0.15, 0.2) is 5.96 Å². The van der Waals surface area contributed by atoms with E-state index in [1.807, 2.05) is 0 Å². The first kappa shape index (κ1) is 12.4. The Kier molecular flexibility index (Phi) is 4.19. The van der Waals surface area contributed by atoms with Crippen molar-refractivity contribution < 1.29 is 9.90 Å². The van der Waals surface area contributed by atoms with Crippen molar-refractivity contribution in [2.75, 3.05) is 5.75 Å². The van der Waals surface area contributed by atoms with Crippen LogP contribution in [0.15, 0.2) is 29.3 Å². The number of aliphatic carboxylic acids is 1. The van der Waals surface area contributed by atoms with E-state index in [0.29, 0.717) is 11.3 Å². The summed E-state index contributed by atoms with van der Waals surface area (Å²) < 4.78 is 0. The molecule has 5 nitrogen and oxygen atoms in total. The van der Waals surface area contributed by atoms with Crippen LogP contribution in [0.25, 0.3) is 0 Å². The average Bonchev–Trinajstić information content (AvgIpc) is 2.17. The quantitative estimate of drug-likeness (QED) is 0.352. The lowest BCUT2D eigenvalue weighted by Gasteiger charge is -2.09. The number of guanidine groups is 1. The third-order valence-electron chi connectivity index (χ3n) is 2.01. The number of rotatable bonds is 4. The second-order valence-corrected chi connectivity index (χ2v) is 3.57. The molecule has 0 aromatic heterocycles. The van der Waals surface area contributed by atoms with E-state index in [1.54, 1.807) is 24.3 Å². The maximum absolute atomic E-state index is 10.9. The highest BCUT2D eigenvalue weighted by Crippen LogP contribution is 2.22. The molecule has 86 valence electrons. The number of hydrogen-bond acceptors (Lipinski definition) is 3. The highest BCUT2D eigenvalue weighted by atomic mass is 32.1. The lowest BCUT2D eigenvalue weighted by molar-refractivity contribution is -0.138. The van der Waals surface area contributed by atoms with Gasteiger partial charge in [-0.2, -0.15) is 12.6 Å². The summed E-state index contributed by atoms with van der Waals surface area (Å²) in [4.78, 5) is 14.8. The van der Waals surface area contributed by atoms with E-state index >= 15 is 0 Å². The van der Waals surface area contributed by atoms with E-state index < -0.39 is 11.9 Å². The van der Waals surface area contributed by atoms with Crippen LogP contribution in [0.3, 0.4) is 0 Å². The normalized spacial score (nSPS) is 11.8. The summed E-state index contributed by atoms with van der Waals surface area (Å²) in [7, 11) is 0. The lowest BCUT2D eigenvalue weighted by Crippen LogP contribution is -2.21. The van der Waals surface area contributed by atoms with Gasteiger partial charge in [-0.15, -0.1) is 0 Å². The van der Waals surface area contributed by atoms with Crippen LogP contribution in [-0.4, -0.2) is 22.8 Å². The molecule has 1 atom stereocenters. The van der Waals surface area contributed by atoms with Gasteiger partial charge in [0.1, 0.15) is 0 Å². The molecule has 0 aliphatic rings. The van der Waals surface area contributed by atoms with Crippen molar-refractivity contribution in [3.63, 3.8) is 0 Å². The summed E-state index contributed by atoms with van der Waals surface area (Å²) in [6, 6.07) is 6.74. The highest BCUT2D eigenvalue weighted by Gasteiger charge is 2.17. The van der Waals surface area contributed by atoms with Crippen molar-refractivity contribution >= 4 is 30.2 Å². The predicted octanol–water partition coefficient (Wildman–Crippen LogP) is 0.689. The first-order valence-electron chi connectivity index (χ1n) is 4.58. The molecule has 0 aliphatic carbocycles. The second kappa shape index (κ2) is 5.41. The zero-order valence-corrected chi connectivity index (χ0v) is 9.39. The van der Waals surface area contributed by atoms with Gasteiger partial charge < -0.3 is 16.6 Å². The van der Waals surface area contributed by atoms with Crippen molar-refractivity contribution in [1.82, 2.24) is 0 Å². The Morgan fingerprint density at radius 3 is 2.69 bits per heavy atom. The van der Waals surface area contributed by atoms with Crippen LogP contribution in [0.5, 0.6) is 0 Å². The molecule has 0 radical (unpaired) electrons. The number of nitrogens with two attached hydrogens (primary N) is 2. The summed E-state index contributed by atoms with van der Waals surface area (Å²) in [5.41, 5.74) is 11.6. The van der Waals surface area contributed by atoms with Gasteiger partial charge in [0, 0.05) is 5.75 Å². The van der Waals surface area contributed by atoms with Crippen LogP contribution < -0.4 is 11.5 Å². The van der Waals surface area contributed by atoms with Gasteiger partial charge in [-0.05, 0) is 17.7 Å². The molecule has 0 unspecified atom stereocenters. The van der Waals surface area contributed by atoms with Gasteiger partial charge in [0.05, 0.1) is 11.6 Å². The first-order valence-corrected chi connectivity index (χ1v) is 5.21. The SMILES string of the molecule is NC(N)=Nc1cccc([C@@H](CS)C(=O)O)c1. The number of aliphatic imine (C=N–C) groups is 1. The molecular formula is C10H13N3O2S. The second-order valence-electron chi connectivity index (χ2n) is 3.21. The van der Waals surface area contributed by atoms with Gasteiger partial charge in [-0.3, -0.25) is 4.79 Å². The first-order chi connectivity index (χ1) is 7.54. The Labute approximate surface area is 98.6 Å². The minimum absolute atomic E-state index is 0.0603. The van der Waals surface area contributed by atoms with Gasteiger partial charge >= 0.3 is 5.97 Å². The molecule has 0 saturated carbocycles. The van der Waals surface area contributed by atoms with Crippen LogP contribution in [-0.2, 0) is 4.79 Å². The predicted molar refractivity (Wildman–Crippen MR) is 66.1 cm³/mol. The van der Waals surface area contributed by atoms with Gasteiger partial charge in [-0.1, -0.05) is 12.1 Å². The molecule has 0 bridgehead atoms. The largest absolute Gasteiger partial charge is 0.481 e. The fourth-order valence-electron chi connectivity index (χ4n) is 1.29. The number of hydrogen-bond donors (Lipinski definition) is 4. The average molecular weight is 239 g/mol. The van der Waals surface area contributed by atoms with E-state index in [9.17, 15) is 4.79 Å². The molecule has 0 heterocycles. The number of carbonyl (C=O) groups is 1. The fraction of sp³-hybridized carbons (Fsp3) is 0.200. The summed E-state index contributed by atoms with van der Waals surface area (Å²) in [5, 5.41) is 8.97. The minimum atomic E-state index is -0.920. The molecule has 0 spiro atoms. The number of benzene rings is 1. The van der Waals surface area contributed by atoms with E-state index in [1.165, 1.54) is 0 Å². The van der Waals surface area contributed by atoms with E-state index in [4.69, 9.17) is 16.6 Å². The van der Waals surface area contributed by atoms with Crippen molar-refractivity contribution in [3.05, 3.63) is 29.8 Å². The molecule has 16 heavy (non-hydrogen) atoms. The van der Waals surface area contributed by atoms with Crippen LogP contribution in [0.1, 0.15) is 11.5 Å². The van der Waals surface area contributed by atoms with Crippen LogP contribution in [0.4, 0.5) is 5.69 Å². The van der Waals surface area contributed by atoms with Gasteiger partial charge in [-0.25, -0.2) is 4.99 Å². The molecular weight excluding hydrogens is 226 g/mol. The van der Waals surface area contributed by atoms with Crippen LogP contribution in [0, 0.1) is 0 Å². The minimum Gasteiger partial charge on any atom is -0.481 e. The molecule has 5 N–H and O–H groups in total. The van der Waals surface area contributed by atoms with Gasteiger partial charge in [0.2, 0.25) is 0 Å². The van der Waals surface area contributed by atoms with E-state index in [-0.39, 0.29) is 11.7 Å². The Hall–Kier alpha value is -1.69.